The van der Waals surface area contributed by atoms with Crippen LogP contribution in [0.4, 0.5) is 0 Å². The van der Waals surface area contributed by atoms with Crippen molar-refractivity contribution >= 4 is 47.5 Å². The van der Waals surface area contributed by atoms with Gasteiger partial charge in [0.15, 0.2) is 0 Å². The second-order valence-electron chi connectivity index (χ2n) is 4.37. The van der Waals surface area contributed by atoms with Crippen molar-refractivity contribution in [3.05, 3.63) is 15.4 Å². The predicted octanol–water partition coefficient (Wildman–Crippen LogP) is 0.329. The van der Waals surface area contributed by atoms with Gasteiger partial charge in [-0.1, -0.05) is 0 Å². The highest BCUT2D eigenvalue weighted by Gasteiger charge is 2.32. The first-order valence-electron chi connectivity index (χ1n) is 5.66. The molecule has 0 unspecified atom stereocenters. The summed E-state index contributed by atoms with van der Waals surface area (Å²) in [7, 11) is -7.33. The lowest BCUT2D eigenvalue weighted by Crippen LogP contribution is -2.52. The second-order valence-corrected chi connectivity index (χ2v) is 10.5. The number of halogens is 1. The van der Waals surface area contributed by atoms with Crippen molar-refractivity contribution in [2.45, 2.75) is 11.1 Å². The summed E-state index contributed by atoms with van der Waals surface area (Å²) in [6.07, 6.45) is 0. The monoisotopic (exact) mass is 403 g/mol. The molecule has 20 heavy (non-hydrogen) atoms. The maximum Gasteiger partial charge on any atom is 0.276 e. The first-order valence-corrected chi connectivity index (χ1v) is 10.2. The molecule has 0 spiro atoms. The minimum absolute atomic E-state index is 0.0730. The van der Waals surface area contributed by atoms with E-state index in [9.17, 15) is 16.8 Å². The van der Waals surface area contributed by atoms with Crippen molar-refractivity contribution in [3.63, 3.8) is 0 Å². The van der Waals surface area contributed by atoms with Crippen LogP contribution in [0.3, 0.4) is 0 Å². The van der Waals surface area contributed by atoms with Crippen LogP contribution in [-0.2, 0) is 20.2 Å². The summed E-state index contributed by atoms with van der Waals surface area (Å²) in [4.78, 5) is 0. The lowest BCUT2D eigenvalue weighted by molar-refractivity contribution is 0.273. The summed E-state index contributed by atoms with van der Waals surface area (Å²) in [5, 5.41) is 5.03. The molecule has 1 aromatic heterocycles. The van der Waals surface area contributed by atoms with Crippen LogP contribution in [0.1, 0.15) is 5.56 Å². The Morgan fingerprint density at radius 3 is 2.05 bits per heavy atom. The molecule has 1 saturated heterocycles. The lowest BCUT2D eigenvalue weighted by atomic mass is 10.4. The lowest BCUT2D eigenvalue weighted by Gasteiger charge is -2.31. The summed E-state index contributed by atoms with van der Waals surface area (Å²) < 4.78 is 50.6. The Balaban J connectivity index is 2.17. The van der Waals surface area contributed by atoms with Crippen LogP contribution in [0, 0.1) is 6.92 Å². The molecule has 2 heterocycles. The Kier molecular flexibility index (Phi) is 4.60. The van der Waals surface area contributed by atoms with E-state index in [0.29, 0.717) is 0 Å². The Labute approximate surface area is 130 Å². The number of nitrogens with two attached hydrogens (primary N) is 1. The van der Waals surface area contributed by atoms with Crippen molar-refractivity contribution in [2.75, 3.05) is 26.2 Å². The van der Waals surface area contributed by atoms with Gasteiger partial charge in [0.25, 0.3) is 20.2 Å². The summed E-state index contributed by atoms with van der Waals surface area (Å²) in [5.74, 6) is 0. The molecule has 0 aromatic carbocycles. The number of piperazine rings is 1. The van der Waals surface area contributed by atoms with Crippen molar-refractivity contribution in [3.8, 4) is 0 Å². The van der Waals surface area contributed by atoms with Crippen molar-refractivity contribution < 1.29 is 16.8 Å². The number of rotatable bonds is 3. The molecule has 1 aliphatic heterocycles. The molecule has 1 aliphatic rings. The average molecular weight is 404 g/mol. The average Bonchev–Trinajstić information content (AvgIpc) is 2.69. The molecule has 0 bridgehead atoms. The zero-order chi connectivity index (χ0) is 15.1. The molecule has 114 valence electrons. The molecule has 0 amide bonds. The summed E-state index contributed by atoms with van der Waals surface area (Å²) in [6, 6.07) is 1.61. The number of hydrogen-bond acceptors (Lipinski definition) is 5. The zero-order valence-electron chi connectivity index (χ0n) is 10.6. The third-order valence-electron chi connectivity index (χ3n) is 2.99. The SMILES string of the molecule is Cc1cc(S(=O)(=O)N2CCN(S(N)(=O)=O)CC2)sc1Br. The van der Waals surface area contributed by atoms with Crippen LogP contribution in [0.15, 0.2) is 14.1 Å². The molecule has 11 heteroatoms. The Bertz CT molecular complexity index is 685. The van der Waals surface area contributed by atoms with Gasteiger partial charge in [-0.25, -0.2) is 13.6 Å². The number of hydrogen-bond donors (Lipinski definition) is 1. The van der Waals surface area contributed by atoms with E-state index in [1.165, 1.54) is 4.31 Å². The second kappa shape index (κ2) is 5.63. The number of thiophene rings is 1. The van der Waals surface area contributed by atoms with Gasteiger partial charge in [-0.3, -0.25) is 0 Å². The molecular formula is C9H14BrN3O4S3. The molecule has 1 fully saturated rings. The Morgan fingerprint density at radius 2 is 1.65 bits per heavy atom. The molecule has 1 aromatic rings. The van der Waals surface area contributed by atoms with Gasteiger partial charge in [0.2, 0.25) is 0 Å². The Morgan fingerprint density at radius 1 is 1.15 bits per heavy atom. The fourth-order valence-corrected chi connectivity index (χ4v) is 6.33. The molecule has 0 saturated carbocycles. The van der Waals surface area contributed by atoms with Crippen LogP contribution in [0.25, 0.3) is 0 Å². The topological polar surface area (TPSA) is 101 Å². The van der Waals surface area contributed by atoms with Gasteiger partial charge < -0.3 is 0 Å². The highest BCUT2D eigenvalue weighted by Crippen LogP contribution is 2.32. The van der Waals surface area contributed by atoms with Gasteiger partial charge in [-0.2, -0.15) is 17.0 Å². The highest BCUT2D eigenvalue weighted by atomic mass is 79.9. The van der Waals surface area contributed by atoms with Gasteiger partial charge in [-0.15, -0.1) is 11.3 Å². The quantitative estimate of drug-likeness (QED) is 0.785. The molecule has 7 nitrogen and oxygen atoms in total. The van der Waals surface area contributed by atoms with Crippen LogP contribution in [0.2, 0.25) is 0 Å². The first-order chi connectivity index (χ1) is 9.12. The van der Waals surface area contributed by atoms with Gasteiger partial charge in [-0.05, 0) is 34.5 Å². The largest absolute Gasteiger partial charge is 0.276 e. The smallest absolute Gasteiger partial charge is 0.216 e. The fourth-order valence-electron chi connectivity index (χ4n) is 1.85. The fraction of sp³-hybridized carbons (Fsp3) is 0.556. The van der Waals surface area contributed by atoms with Gasteiger partial charge in [0, 0.05) is 26.2 Å². The minimum atomic E-state index is -3.76. The molecular weight excluding hydrogens is 390 g/mol. The van der Waals surface area contributed by atoms with Crippen LogP contribution in [-0.4, -0.2) is 51.6 Å². The standard InChI is InChI=1S/C9H14BrN3O4S3/c1-7-6-8(18-9(7)10)19(14,15)12-2-4-13(5-3-12)20(11,16)17/h6H,2-5H2,1H3,(H2,11,16,17). The van der Waals surface area contributed by atoms with Crippen molar-refractivity contribution in [2.24, 2.45) is 5.14 Å². The van der Waals surface area contributed by atoms with E-state index >= 15 is 0 Å². The normalized spacial score (nSPS) is 19.4. The van der Waals surface area contributed by atoms with Gasteiger partial charge in [0.1, 0.15) is 4.21 Å². The predicted molar refractivity (Wildman–Crippen MR) is 80.2 cm³/mol. The minimum Gasteiger partial charge on any atom is -0.216 e. The van der Waals surface area contributed by atoms with Gasteiger partial charge >= 0.3 is 0 Å². The van der Waals surface area contributed by atoms with Crippen LogP contribution in [0.5, 0.6) is 0 Å². The van der Waals surface area contributed by atoms with Crippen molar-refractivity contribution in [1.82, 2.24) is 8.61 Å². The highest BCUT2D eigenvalue weighted by molar-refractivity contribution is 9.11. The summed E-state index contributed by atoms with van der Waals surface area (Å²) >= 11 is 4.45. The first kappa shape index (κ1) is 16.3. The maximum atomic E-state index is 12.4. The van der Waals surface area contributed by atoms with E-state index < -0.39 is 20.2 Å². The Hall–Kier alpha value is -0.0400. The van der Waals surface area contributed by atoms with Crippen LogP contribution >= 0.6 is 27.3 Å². The summed E-state index contributed by atoms with van der Waals surface area (Å²) in [6.45, 7) is 2.17. The third-order valence-corrected chi connectivity index (χ3v) is 8.56. The third kappa shape index (κ3) is 3.24. The zero-order valence-corrected chi connectivity index (χ0v) is 14.6. The number of aryl methyl sites for hydroxylation is 1. The number of sulfonamides is 1. The molecule has 0 atom stereocenters. The summed E-state index contributed by atoms with van der Waals surface area (Å²) in [5.41, 5.74) is 0.858. The van der Waals surface area contributed by atoms with Crippen LogP contribution < -0.4 is 5.14 Å². The number of nitrogens with zero attached hydrogens (tertiary/aromatic N) is 2. The van der Waals surface area contributed by atoms with E-state index in [1.54, 1.807) is 6.07 Å². The maximum absolute atomic E-state index is 12.4. The van der Waals surface area contributed by atoms with E-state index in [4.69, 9.17) is 5.14 Å². The van der Waals surface area contributed by atoms with Gasteiger partial charge in [0.05, 0.1) is 3.79 Å². The molecule has 0 aliphatic carbocycles. The van der Waals surface area contributed by atoms with E-state index in [1.807, 2.05) is 6.92 Å². The van der Waals surface area contributed by atoms with E-state index in [2.05, 4.69) is 15.9 Å². The molecule has 2 rings (SSSR count). The molecule has 2 N–H and O–H groups in total. The van der Waals surface area contributed by atoms with Crippen molar-refractivity contribution in [1.29, 1.82) is 0 Å². The molecule has 0 radical (unpaired) electrons. The van der Waals surface area contributed by atoms with E-state index in [-0.39, 0.29) is 30.4 Å². The van der Waals surface area contributed by atoms with E-state index in [0.717, 1.165) is 25.0 Å².